The highest BCUT2D eigenvalue weighted by Crippen LogP contribution is 2.44. The van der Waals surface area contributed by atoms with Crippen LogP contribution in [-0.4, -0.2) is 21.7 Å². The Kier molecular flexibility index (Phi) is 4.34. The maximum atomic E-state index is 11.4. The molecule has 1 aliphatic rings. The van der Waals surface area contributed by atoms with E-state index in [-0.39, 0.29) is 0 Å². The first-order chi connectivity index (χ1) is 13.0. The van der Waals surface area contributed by atoms with Crippen molar-refractivity contribution in [3.05, 3.63) is 71.5 Å². The van der Waals surface area contributed by atoms with Gasteiger partial charge in [0.2, 0.25) is 0 Å². The van der Waals surface area contributed by atoms with Crippen molar-refractivity contribution < 1.29 is 14.6 Å². The molecule has 3 aromatic rings. The number of benzene rings is 2. The zero-order valence-electron chi connectivity index (χ0n) is 15.6. The highest BCUT2D eigenvalue weighted by atomic mass is 16.5. The normalized spacial score (nSPS) is 14.3. The Labute approximate surface area is 158 Å². The zero-order chi connectivity index (χ0) is 19.0. The van der Waals surface area contributed by atoms with Gasteiger partial charge in [-0.2, -0.15) is 0 Å². The Morgan fingerprint density at radius 3 is 2.56 bits per heavy atom. The summed E-state index contributed by atoms with van der Waals surface area (Å²) in [6, 6.07) is 14.7. The zero-order valence-corrected chi connectivity index (χ0v) is 15.6. The number of fused-ring (bicyclic) bond motifs is 1. The number of carboxylic acids is 1. The highest BCUT2D eigenvalue weighted by Gasteiger charge is 2.30. The van der Waals surface area contributed by atoms with Crippen LogP contribution < -0.4 is 4.74 Å². The van der Waals surface area contributed by atoms with Crippen LogP contribution in [0.4, 0.5) is 0 Å². The quantitative estimate of drug-likeness (QED) is 0.675. The highest BCUT2D eigenvalue weighted by molar-refractivity contribution is 5.89. The van der Waals surface area contributed by atoms with Crippen LogP contribution in [0.5, 0.6) is 5.75 Å². The first-order valence-electron chi connectivity index (χ1n) is 9.31. The smallest absolute Gasteiger partial charge is 0.347 e. The van der Waals surface area contributed by atoms with Crippen molar-refractivity contribution in [3.8, 4) is 5.75 Å². The molecule has 0 spiro atoms. The topological polar surface area (TPSA) is 59.4 Å². The lowest BCUT2D eigenvalue weighted by Crippen LogP contribution is -2.38. The van der Waals surface area contributed by atoms with Crippen molar-refractivity contribution in [2.75, 3.05) is 0 Å². The molecule has 1 fully saturated rings. The molecule has 4 nitrogen and oxygen atoms in total. The van der Waals surface area contributed by atoms with Crippen LogP contribution >= 0.6 is 0 Å². The minimum Gasteiger partial charge on any atom is -0.478 e. The van der Waals surface area contributed by atoms with Gasteiger partial charge in [0, 0.05) is 24.4 Å². The number of carboxylic acid groups (broad SMARTS) is 1. The molecule has 1 aliphatic carbocycles. The molecule has 27 heavy (non-hydrogen) atoms. The molecule has 0 unspecified atom stereocenters. The summed E-state index contributed by atoms with van der Waals surface area (Å²) in [6.45, 7) is 3.11. The minimum absolute atomic E-state index is 0.563. The summed E-state index contributed by atoms with van der Waals surface area (Å²) in [7, 11) is 0. The lowest BCUT2D eigenvalue weighted by molar-refractivity contribution is -0.152. The Morgan fingerprint density at radius 1 is 1.11 bits per heavy atom. The van der Waals surface area contributed by atoms with Crippen LogP contribution in [0.1, 0.15) is 49.3 Å². The number of hydrogen-bond acceptors (Lipinski definition) is 3. The molecule has 0 radical (unpaired) electrons. The maximum absolute atomic E-state index is 11.4. The van der Waals surface area contributed by atoms with Gasteiger partial charge in [0.15, 0.2) is 5.60 Å². The van der Waals surface area contributed by atoms with E-state index >= 15 is 0 Å². The van der Waals surface area contributed by atoms with Gasteiger partial charge in [-0.25, -0.2) is 4.79 Å². The van der Waals surface area contributed by atoms with Crippen LogP contribution in [0.2, 0.25) is 0 Å². The number of pyridine rings is 1. The van der Waals surface area contributed by atoms with Crippen molar-refractivity contribution in [1.29, 1.82) is 0 Å². The van der Waals surface area contributed by atoms with E-state index in [1.807, 2.05) is 0 Å². The standard InChI is InChI=1S/C23H23NO3/c1-23(2,22(25)26)27-21-11-12-24-14-17(21)13-16-9-10-19(15-7-8-15)20-6-4-3-5-18(16)20/h3-6,9-12,14-15H,7-8,13H2,1-2H3,(H,25,26). The summed E-state index contributed by atoms with van der Waals surface area (Å²) in [6.07, 6.45) is 6.58. The van der Waals surface area contributed by atoms with E-state index in [1.54, 1.807) is 32.3 Å². The average Bonchev–Trinajstić information content (AvgIpc) is 3.48. The number of aromatic nitrogens is 1. The number of aliphatic carboxylic acids is 1. The molecule has 0 atom stereocenters. The van der Waals surface area contributed by atoms with E-state index in [4.69, 9.17) is 4.74 Å². The van der Waals surface area contributed by atoms with Gasteiger partial charge in [-0.15, -0.1) is 0 Å². The Hall–Kier alpha value is -2.88. The van der Waals surface area contributed by atoms with Gasteiger partial charge in [0.25, 0.3) is 0 Å². The fourth-order valence-corrected chi connectivity index (χ4v) is 3.46. The minimum atomic E-state index is -1.30. The summed E-state index contributed by atoms with van der Waals surface area (Å²) < 4.78 is 5.81. The maximum Gasteiger partial charge on any atom is 0.347 e. The molecule has 1 aromatic heterocycles. The van der Waals surface area contributed by atoms with Crippen molar-refractivity contribution >= 4 is 16.7 Å². The molecule has 0 saturated heterocycles. The molecule has 4 heteroatoms. The van der Waals surface area contributed by atoms with Crippen molar-refractivity contribution in [2.45, 2.75) is 44.6 Å². The molecule has 1 N–H and O–H groups in total. The second-order valence-electron chi connectivity index (χ2n) is 7.71. The first kappa shape index (κ1) is 17.5. The molecule has 4 rings (SSSR count). The fourth-order valence-electron chi connectivity index (χ4n) is 3.46. The van der Waals surface area contributed by atoms with E-state index in [0.717, 1.165) is 5.56 Å². The number of ether oxygens (including phenoxy) is 1. The summed E-state index contributed by atoms with van der Waals surface area (Å²) in [5.41, 5.74) is 2.22. The molecular weight excluding hydrogens is 338 g/mol. The third kappa shape index (κ3) is 3.52. The van der Waals surface area contributed by atoms with Gasteiger partial charge >= 0.3 is 5.97 Å². The summed E-state index contributed by atoms with van der Waals surface area (Å²) >= 11 is 0. The molecular formula is C23H23NO3. The van der Waals surface area contributed by atoms with Crippen molar-refractivity contribution in [3.63, 3.8) is 0 Å². The monoisotopic (exact) mass is 361 g/mol. The molecule has 0 aliphatic heterocycles. The van der Waals surface area contributed by atoms with Crippen LogP contribution in [-0.2, 0) is 11.2 Å². The van der Waals surface area contributed by atoms with Gasteiger partial charge in [-0.3, -0.25) is 4.98 Å². The first-order valence-corrected chi connectivity index (χ1v) is 9.31. The van der Waals surface area contributed by atoms with E-state index in [2.05, 4.69) is 41.4 Å². The van der Waals surface area contributed by atoms with Gasteiger partial charge in [0.05, 0.1) is 0 Å². The second kappa shape index (κ2) is 6.69. The fraction of sp³-hybridized carbons (Fsp3) is 0.304. The predicted molar refractivity (Wildman–Crippen MR) is 105 cm³/mol. The third-order valence-electron chi connectivity index (χ3n) is 5.19. The van der Waals surface area contributed by atoms with Crippen LogP contribution in [0, 0.1) is 0 Å². The molecule has 0 amide bonds. The van der Waals surface area contributed by atoms with Crippen molar-refractivity contribution in [2.24, 2.45) is 0 Å². The number of hydrogen-bond donors (Lipinski definition) is 1. The third-order valence-corrected chi connectivity index (χ3v) is 5.19. The summed E-state index contributed by atoms with van der Waals surface area (Å²) in [5.74, 6) is 0.259. The molecule has 138 valence electrons. The molecule has 1 saturated carbocycles. The van der Waals surface area contributed by atoms with Gasteiger partial charge in [-0.1, -0.05) is 36.4 Å². The molecule has 2 aromatic carbocycles. The van der Waals surface area contributed by atoms with Gasteiger partial charge in [-0.05, 0) is 60.6 Å². The Balaban J connectivity index is 1.71. The lowest BCUT2D eigenvalue weighted by atomic mass is 9.94. The number of carbonyl (C=O) groups is 1. The summed E-state index contributed by atoms with van der Waals surface area (Å²) in [5, 5.41) is 11.9. The molecule has 1 heterocycles. The van der Waals surface area contributed by atoms with Gasteiger partial charge < -0.3 is 9.84 Å². The van der Waals surface area contributed by atoms with E-state index in [1.165, 1.54) is 34.7 Å². The van der Waals surface area contributed by atoms with E-state index in [0.29, 0.717) is 18.1 Å². The van der Waals surface area contributed by atoms with Crippen LogP contribution in [0.25, 0.3) is 10.8 Å². The lowest BCUT2D eigenvalue weighted by Gasteiger charge is -2.23. The number of rotatable bonds is 6. The van der Waals surface area contributed by atoms with E-state index in [9.17, 15) is 9.90 Å². The Morgan fingerprint density at radius 2 is 1.85 bits per heavy atom. The van der Waals surface area contributed by atoms with Gasteiger partial charge in [0.1, 0.15) is 5.75 Å². The van der Waals surface area contributed by atoms with Crippen molar-refractivity contribution in [1.82, 2.24) is 4.98 Å². The average molecular weight is 361 g/mol. The van der Waals surface area contributed by atoms with Crippen LogP contribution in [0.15, 0.2) is 54.9 Å². The van der Waals surface area contributed by atoms with E-state index < -0.39 is 11.6 Å². The van der Waals surface area contributed by atoms with Crippen LogP contribution in [0.3, 0.4) is 0 Å². The largest absolute Gasteiger partial charge is 0.478 e. The Bertz CT molecular complexity index is 1010. The predicted octanol–water partition coefficient (Wildman–Crippen LogP) is 4.95. The second-order valence-corrected chi connectivity index (χ2v) is 7.71. The summed E-state index contributed by atoms with van der Waals surface area (Å²) in [4.78, 5) is 15.7. The molecule has 0 bridgehead atoms. The number of nitrogens with zero attached hydrogens (tertiary/aromatic N) is 1. The SMILES string of the molecule is CC(C)(Oc1ccncc1Cc1ccc(C2CC2)c2ccccc12)C(=O)O.